The minimum absolute atomic E-state index is 0.984. The lowest BCUT2D eigenvalue weighted by molar-refractivity contribution is 1.00. The van der Waals surface area contributed by atoms with Gasteiger partial charge >= 0.3 is 0 Å². The fourth-order valence-corrected chi connectivity index (χ4v) is 0.658. The molecule has 0 aromatic carbocycles. The first kappa shape index (κ1) is 6.20. The van der Waals surface area contributed by atoms with Crippen molar-refractivity contribution in [3.63, 3.8) is 0 Å². The van der Waals surface area contributed by atoms with Crippen LogP contribution in [0.25, 0.3) is 0 Å². The Morgan fingerprint density at radius 2 is 1.78 bits per heavy atom. The van der Waals surface area contributed by atoms with Crippen LogP contribution in [0.4, 0.5) is 0 Å². The maximum atomic E-state index is 4.21. The zero-order valence-electron chi connectivity index (χ0n) is 5.97. The van der Waals surface area contributed by atoms with Gasteiger partial charge in [0.2, 0.25) is 0 Å². The number of aryl methyl sites for hydroxylation is 3. The van der Waals surface area contributed by atoms with E-state index in [1.54, 1.807) is 6.20 Å². The van der Waals surface area contributed by atoms with E-state index in [2.05, 4.69) is 9.97 Å². The standard InChI is InChI=1S/C7H10N2/c1-5-4-8-6(2)7(3)9-5/h4H,1-3H3/i9+1. The summed E-state index contributed by atoms with van der Waals surface area (Å²) in [7, 11) is 0. The summed E-state index contributed by atoms with van der Waals surface area (Å²) in [5.41, 5.74) is 3.02. The largest absolute Gasteiger partial charge is 0.258 e. The van der Waals surface area contributed by atoms with Crippen molar-refractivity contribution in [2.24, 2.45) is 0 Å². The van der Waals surface area contributed by atoms with E-state index in [0.29, 0.717) is 0 Å². The van der Waals surface area contributed by atoms with Crippen LogP contribution < -0.4 is 0 Å². The van der Waals surface area contributed by atoms with Gasteiger partial charge in [-0.2, -0.15) is 0 Å². The van der Waals surface area contributed by atoms with Crippen LogP contribution in [-0.2, 0) is 0 Å². The highest BCUT2D eigenvalue weighted by Crippen LogP contribution is 1.98. The Balaban J connectivity index is 3.17. The Labute approximate surface area is 55.0 Å². The molecule has 0 radical (unpaired) electrons. The van der Waals surface area contributed by atoms with E-state index in [4.69, 9.17) is 0 Å². The molecule has 0 aliphatic heterocycles. The van der Waals surface area contributed by atoms with Crippen LogP contribution in [0.3, 0.4) is 0 Å². The molecule has 0 N–H and O–H groups in total. The smallest absolute Gasteiger partial charge is 0.0588 e. The van der Waals surface area contributed by atoms with E-state index in [-0.39, 0.29) is 0 Å². The van der Waals surface area contributed by atoms with E-state index in [9.17, 15) is 0 Å². The normalized spacial score (nSPS) is 9.67. The topological polar surface area (TPSA) is 25.8 Å². The second-order valence-corrected chi connectivity index (χ2v) is 2.18. The molecule has 0 aliphatic carbocycles. The van der Waals surface area contributed by atoms with Crippen LogP contribution >= 0.6 is 0 Å². The van der Waals surface area contributed by atoms with Gasteiger partial charge in [0.05, 0.1) is 17.1 Å². The highest BCUT2D eigenvalue weighted by Gasteiger charge is 1.92. The van der Waals surface area contributed by atoms with Crippen molar-refractivity contribution in [3.05, 3.63) is 23.3 Å². The summed E-state index contributed by atoms with van der Waals surface area (Å²) in [5.74, 6) is 0. The van der Waals surface area contributed by atoms with Crippen molar-refractivity contribution in [3.8, 4) is 0 Å². The molecule has 1 aromatic rings. The fourth-order valence-electron chi connectivity index (χ4n) is 0.658. The number of hydrogen-bond donors (Lipinski definition) is 0. The summed E-state index contributed by atoms with van der Waals surface area (Å²) in [5, 5.41) is 0. The van der Waals surface area contributed by atoms with E-state index in [1.165, 1.54) is 0 Å². The first-order valence-electron chi connectivity index (χ1n) is 2.97. The third kappa shape index (κ3) is 1.25. The molecule has 1 heterocycles. The highest BCUT2D eigenvalue weighted by molar-refractivity contribution is 5.09. The van der Waals surface area contributed by atoms with Crippen molar-refractivity contribution in [1.29, 1.82) is 0 Å². The average Bonchev–Trinajstić information content (AvgIpc) is 1.80. The van der Waals surface area contributed by atoms with Crippen molar-refractivity contribution in [2.45, 2.75) is 20.8 Å². The number of nitrogens with zero attached hydrogens (tertiary/aromatic N) is 2. The molecule has 0 amide bonds. The first-order chi connectivity index (χ1) is 4.20. The molecule has 1 aromatic heterocycles. The molecular formula is C7H10N2. The Morgan fingerprint density at radius 1 is 1.11 bits per heavy atom. The molecule has 0 fully saturated rings. The zero-order valence-corrected chi connectivity index (χ0v) is 5.97. The van der Waals surface area contributed by atoms with Gasteiger partial charge in [-0.25, -0.2) is 0 Å². The monoisotopic (exact) mass is 123 g/mol. The lowest BCUT2D eigenvalue weighted by Crippen LogP contribution is -1.92. The summed E-state index contributed by atoms with van der Waals surface area (Å²) in [4.78, 5) is 8.33. The Hall–Kier alpha value is -0.920. The van der Waals surface area contributed by atoms with Crippen LogP contribution in [0.1, 0.15) is 17.1 Å². The average molecular weight is 123 g/mol. The third-order valence-electron chi connectivity index (χ3n) is 1.31. The molecule has 0 bridgehead atoms. The summed E-state index contributed by atoms with van der Waals surface area (Å²) in [6, 6.07) is 0. The van der Waals surface area contributed by atoms with Gasteiger partial charge < -0.3 is 0 Å². The van der Waals surface area contributed by atoms with Crippen molar-refractivity contribution in [1.82, 2.24) is 9.97 Å². The summed E-state index contributed by atoms with van der Waals surface area (Å²) < 4.78 is 0. The minimum atomic E-state index is 0.984. The third-order valence-corrected chi connectivity index (χ3v) is 1.31. The van der Waals surface area contributed by atoms with Gasteiger partial charge in [-0.1, -0.05) is 0 Å². The van der Waals surface area contributed by atoms with Gasteiger partial charge in [0.1, 0.15) is 0 Å². The lowest BCUT2D eigenvalue weighted by Gasteiger charge is -1.96. The fraction of sp³-hybridized carbons (Fsp3) is 0.429. The van der Waals surface area contributed by atoms with Gasteiger partial charge in [-0.15, -0.1) is 0 Å². The molecule has 2 nitrogen and oxygen atoms in total. The second-order valence-electron chi connectivity index (χ2n) is 2.18. The predicted octanol–water partition coefficient (Wildman–Crippen LogP) is 1.40. The van der Waals surface area contributed by atoms with Crippen LogP contribution in [0.15, 0.2) is 6.20 Å². The Bertz CT molecular complexity index is 218. The molecule has 0 saturated carbocycles. The van der Waals surface area contributed by atoms with E-state index < -0.39 is 0 Å². The van der Waals surface area contributed by atoms with Gasteiger partial charge in [0.25, 0.3) is 0 Å². The van der Waals surface area contributed by atoms with Crippen LogP contribution in [0, 0.1) is 20.8 Å². The molecule has 0 saturated heterocycles. The molecular weight excluding hydrogens is 113 g/mol. The zero-order chi connectivity index (χ0) is 6.85. The summed E-state index contributed by atoms with van der Waals surface area (Å²) >= 11 is 0. The highest BCUT2D eigenvalue weighted by atomic mass is 15.5. The van der Waals surface area contributed by atoms with E-state index in [0.717, 1.165) is 17.1 Å². The molecule has 9 heavy (non-hydrogen) atoms. The lowest BCUT2D eigenvalue weighted by atomic mass is 10.4. The molecule has 0 atom stereocenters. The number of rotatable bonds is 0. The van der Waals surface area contributed by atoms with Crippen LogP contribution in [0.2, 0.25) is 0 Å². The molecule has 0 unspecified atom stereocenters. The number of aromatic nitrogens is 2. The maximum Gasteiger partial charge on any atom is 0.0588 e. The quantitative estimate of drug-likeness (QED) is 0.521. The van der Waals surface area contributed by atoms with Gasteiger partial charge in [0, 0.05) is 6.20 Å². The van der Waals surface area contributed by atoms with Crippen LogP contribution in [-0.4, -0.2) is 9.97 Å². The van der Waals surface area contributed by atoms with Crippen molar-refractivity contribution < 1.29 is 0 Å². The van der Waals surface area contributed by atoms with Gasteiger partial charge in [0.15, 0.2) is 0 Å². The molecule has 1 rings (SSSR count). The van der Waals surface area contributed by atoms with Crippen molar-refractivity contribution >= 4 is 0 Å². The summed E-state index contributed by atoms with van der Waals surface area (Å²) in [6.45, 7) is 5.87. The minimum Gasteiger partial charge on any atom is -0.258 e. The molecule has 0 spiro atoms. The van der Waals surface area contributed by atoms with Gasteiger partial charge in [-0.05, 0) is 20.8 Å². The van der Waals surface area contributed by atoms with Gasteiger partial charge in [-0.3, -0.25) is 9.97 Å². The summed E-state index contributed by atoms with van der Waals surface area (Å²) in [6.07, 6.45) is 1.78. The van der Waals surface area contributed by atoms with E-state index >= 15 is 0 Å². The second kappa shape index (κ2) is 2.13. The maximum absolute atomic E-state index is 4.21. The Kier molecular flexibility index (Phi) is 1.47. The van der Waals surface area contributed by atoms with Crippen LogP contribution in [0.5, 0.6) is 0 Å². The molecule has 2 heteroatoms. The predicted molar refractivity (Wildman–Crippen MR) is 36.2 cm³/mol. The SMILES string of the molecule is Cc1cnc(C)c(C)[15n]1. The molecule has 48 valence electrons. The van der Waals surface area contributed by atoms with E-state index in [1.807, 2.05) is 20.8 Å². The molecule has 0 aliphatic rings. The van der Waals surface area contributed by atoms with Crippen molar-refractivity contribution in [2.75, 3.05) is 0 Å². The Morgan fingerprint density at radius 3 is 2.22 bits per heavy atom. The number of hydrogen-bond acceptors (Lipinski definition) is 2. The first-order valence-corrected chi connectivity index (χ1v) is 2.97.